The van der Waals surface area contributed by atoms with E-state index in [1.165, 1.54) is 0 Å². The Morgan fingerprint density at radius 3 is 2.37 bits per heavy atom. The van der Waals surface area contributed by atoms with Gasteiger partial charge in [-0.15, -0.1) is 0 Å². The van der Waals surface area contributed by atoms with Crippen LogP contribution in [0.15, 0.2) is 36.8 Å². The van der Waals surface area contributed by atoms with Crippen molar-refractivity contribution in [2.75, 3.05) is 54.5 Å². The third-order valence-corrected chi connectivity index (χ3v) is 5.03. The molecule has 27 heavy (non-hydrogen) atoms. The summed E-state index contributed by atoms with van der Waals surface area (Å²) in [5, 5.41) is 2.92. The van der Waals surface area contributed by atoms with Crippen LogP contribution in [-0.4, -0.2) is 60.3 Å². The summed E-state index contributed by atoms with van der Waals surface area (Å²) in [6.45, 7) is 4.73. The monoisotopic (exact) mass is 368 g/mol. The standard InChI is InChI=1S/C19H24N6O2/c26-18(15-4-11-27-12-5-15)23-16-13-21-19(22-14-16)25-9-7-24(8-10-25)17-3-1-2-6-20-17/h1-3,6,13-15H,4-5,7-12H2,(H,23,26). The highest BCUT2D eigenvalue weighted by Gasteiger charge is 2.22. The number of pyridine rings is 1. The van der Waals surface area contributed by atoms with E-state index >= 15 is 0 Å². The highest BCUT2D eigenvalue weighted by Crippen LogP contribution is 2.19. The molecule has 2 aliphatic rings. The van der Waals surface area contributed by atoms with Gasteiger partial charge in [0.25, 0.3) is 0 Å². The van der Waals surface area contributed by atoms with Crippen molar-refractivity contribution in [1.29, 1.82) is 0 Å². The second-order valence-electron chi connectivity index (χ2n) is 6.81. The topological polar surface area (TPSA) is 83.5 Å². The first-order valence-corrected chi connectivity index (χ1v) is 9.41. The van der Waals surface area contributed by atoms with E-state index in [9.17, 15) is 4.79 Å². The molecule has 1 N–H and O–H groups in total. The average Bonchev–Trinajstić information content (AvgIpc) is 2.76. The van der Waals surface area contributed by atoms with Gasteiger partial charge in [0.1, 0.15) is 5.82 Å². The number of amides is 1. The number of anilines is 3. The summed E-state index contributed by atoms with van der Waals surface area (Å²) < 4.78 is 5.30. The minimum atomic E-state index is 0.0121. The largest absolute Gasteiger partial charge is 0.381 e. The van der Waals surface area contributed by atoms with Crippen molar-refractivity contribution in [2.24, 2.45) is 5.92 Å². The third kappa shape index (κ3) is 4.33. The van der Waals surface area contributed by atoms with Crippen molar-refractivity contribution < 1.29 is 9.53 Å². The molecule has 0 aliphatic carbocycles. The number of ether oxygens (including phenoxy) is 1. The van der Waals surface area contributed by atoms with E-state index in [1.807, 2.05) is 24.4 Å². The van der Waals surface area contributed by atoms with E-state index in [4.69, 9.17) is 4.74 Å². The van der Waals surface area contributed by atoms with Gasteiger partial charge in [-0.1, -0.05) is 6.07 Å². The Balaban J connectivity index is 1.31. The number of piperazine rings is 1. The first-order valence-electron chi connectivity index (χ1n) is 9.41. The molecule has 0 radical (unpaired) electrons. The zero-order valence-electron chi connectivity index (χ0n) is 15.3. The molecular formula is C19H24N6O2. The van der Waals surface area contributed by atoms with Gasteiger partial charge in [-0.3, -0.25) is 4.79 Å². The van der Waals surface area contributed by atoms with Crippen LogP contribution in [0.25, 0.3) is 0 Å². The van der Waals surface area contributed by atoms with Gasteiger partial charge in [-0.2, -0.15) is 0 Å². The van der Waals surface area contributed by atoms with Gasteiger partial charge in [-0.25, -0.2) is 15.0 Å². The van der Waals surface area contributed by atoms with Gasteiger partial charge >= 0.3 is 0 Å². The van der Waals surface area contributed by atoms with Crippen LogP contribution in [0.4, 0.5) is 17.5 Å². The summed E-state index contributed by atoms with van der Waals surface area (Å²) in [4.78, 5) is 30.0. The molecule has 8 nitrogen and oxygen atoms in total. The molecule has 0 atom stereocenters. The molecule has 0 unspecified atom stereocenters. The summed E-state index contributed by atoms with van der Waals surface area (Å²) in [7, 11) is 0. The number of nitrogens with zero attached hydrogens (tertiary/aromatic N) is 5. The lowest BCUT2D eigenvalue weighted by molar-refractivity contribution is -0.122. The fourth-order valence-corrected chi connectivity index (χ4v) is 3.43. The van der Waals surface area contributed by atoms with Crippen LogP contribution >= 0.6 is 0 Å². The molecule has 2 saturated heterocycles. The molecule has 2 aliphatic heterocycles. The molecule has 1 amide bonds. The Morgan fingerprint density at radius 1 is 1.00 bits per heavy atom. The highest BCUT2D eigenvalue weighted by molar-refractivity contribution is 5.92. The maximum atomic E-state index is 12.3. The predicted octanol–water partition coefficient (Wildman–Crippen LogP) is 1.56. The van der Waals surface area contributed by atoms with Gasteiger partial charge in [0.2, 0.25) is 11.9 Å². The number of hydrogen-bond acceptors (Lipinski definition) is 7. The fourth-order valence-electron chi connectivity index (χ4n) is 3.43. The Hall–Kier alpha value is -2.74. The molecule has 2 aromatic heterocycles. The van der Waals surface area contributed by atoms with Crippen molar-refractivity contribution in [1.82, 2.24) is 15.0 Å². The lowest BCUT2D eigenvalue weighted by atomic mass is 9.99. The molecule has 8 heteroatoms. The molecule has 0 saturated carbocycles. The Bertz CT molecular complexity index is 741. The number of carbonyl (C=O) groups is 1. The quantitative estimate of drug-likeness (QED) is 0.877. The Kier molecular flexibility index (Phi) is 5.43. The average molecular weight is 368 g/mol. The second kappa shape index (κ2) is 8.30. The van der Waals surface area contributed by atoms with E-state index in [2.05, 4.69) is 30.1 Å². The molecule has 2 aromatic rings. The summed E-state index contributed by atoms with van der Waals surface area (Å²) >= 11 is 0. The summed E-state index contributed by atoms with van der Waals surface area (Å²) in [6.07, 6.45) is 6.73. The molecule has 4 heterocycles. The predicted molar refractivity (Wildman–Crippen MR) is 103 cm³/mol. The van der Waals surface area contributed by atoms with Gasteiger partial charge < -0.3 is 19.9 Å². The smallest absolute Gasteiger partial charge is 0.227 e. The number of rotatable bonds is 4. The van der Waals surface area contributed by atoms with Crippen molar-refractivity contribution in [3.05, 3.63) is 36.8 Å². The van der Waals surface area contributed by atoms with Crippen LogP contribution in [0, 0.1) is 5.92 Å². The van der Waals surface area contributed by atoms with E-state index in [-0.39, 0.29) is 11.8 Å². The number of carbonyl (C=O) groups excluding carboxylic acids is 1. The lowest BCUT2D eigenvalue weighted by Crippen LogP contribution is -2.47. The van der Waals surface area contributed by atoms with Crippen LogP contribution in [0.1, 0.15) is 12.8 Å². The second-order valence-corrected chi connectivity index (χ2v) is 6.81. The fraction of sp³-hybridized carbons (Fsp3) is 0.474. The lowest BCUT2D eigenvalue weighted by Gasteiger charge is -2.35. The van der Waals surface area contributed by atoms with Crippen molar-refractivity contribution >= 4 is 23.4 Å². The van der Waals surface area contributed by atoms with Crippen molar-refractivity contribution in [2.45, 2.75) is 12.8 Å². The maximum absolute atomic E-state index is 12.3. The molecule has 2 fully saturated rings. The zero-order chi connectivity index (χ0) is 18.5. The molecule has 142 valence electrons. The van der Waals surface area contributed by atoms with Crippen molar-refractivity contribution in [3.8, 4) is 0 Å². The maximum Gasteiger partial charge on any atom is 0.227 e. The third-order valence-electron chi connectivity index (χ3n) is 5.03. The van der Waals surface area contributed by atoms with Gasteiger partial charge in [-0.05, 0) is 25.0 Å². The summed E-state index contributed by atoms with van der Waals surface area (Å²) in [5.74, 6) is 1.74. The van der Waals surface area contributed by atoms with E-state index in [0.717, 1.165) is 44.8 Å². The normalized spacial score (nSPS) is 18.4. The Morgan fingerprint density at radius 2 is 1.70 bits per heavy atom. The summed E-state index contributed by atoms with van der Waals surface area (Å²) in [5.41, 5.74) is 0.641. The zero-order valence-corrected chi connectivity index (χ0v) is 15.3. The minimum absolute atomic E-state index is 0.0121. The van der Waals surface area contributed by atoms with Crippen LogP contribution in [0.2, 0.25) is 0 Å². The van der Waals surface area contributed by atoms with Gasteiger partial charge in [0.05, 0.1) is 18.1 Å². The van der Waals surface area contributed by atoms with Crippen LogP contribution in [0.3, 0.4) is 0 Å². The number of hydrogen-bond donors (Lipinski definition) is 1. The van der Waals surface area contributed by atoms with Crippen molar-refractivity contribution in [3.63, 3.8) is 0 Å². The highest BCUT2D eigenvalue weighted by atomic mass is 16.5. The molecule has 0 spiro atoms. The van der Waals surface area contributed by atoms with Gasteiger partial charge in [0, 0.05) is 51.5 Å². The van der Waals surface area contributed by atoms with Gasteiger partial charge in [0.15, 0.2) is 0 Å². The molecular weight excluding hydrogens is 344 g/mol. The Labute approximate surface area is 158 Å². The van der Waals surface area contributed by atoms with E-state index in [0.29, 0.717) is 24.8 Å². The first-order chi connectivity index (χ1) is 13.3. The summed E-state index contributed by atoms with van der Waals surface area (Å²) in [6, 6.07) is 5.96. The molecule has 4 rings (SSSR count). The van der Waals surface area contributed by atoms with E-state index in [1.54, 1.807) is 12.4 Å². The molecule has 0 aromatic carbocycles. The SMILES string of the molecule is O=C(Nc1cnc(N2CCN(c3ccccn3)CC2)nc1)C1CCOCC1. The van der Waals surface area contributed by atoms with E-state index < -0.39 is 0 Å². The number of nitrogens with one attached hydrogen (secondary N) is 1. The first kappa shape index (κ1) is 17.7. The number of aromatic nitrogens is 3. The van der Waals surface area contributed by atoms with Crippen LogP contribution in [0.5, 0.6) is 0 Å². The molecule has 0 bridgehead atoms. The van der Waals surface area contributed by atoms with Crippen LogP contribution < -0.4 is 15.1 Å². The van der Waals surface area contributed by atoms with Crippen LogP contribution in [-0.2, 0) is 9.53 Å². The minimum Gasteiger partial charge on any atom is -0.381 e.